The van der Waals surface area contributed by atoms with Gasteiger partial charge in [-0.15, -0.1) is 0 Å². The van der Waals surface area contributed by atoms with Gasteiger partial charge in [0, 0.05) is 13.0 Å². The maximum atomic E-state index is 6.06. The van der Waals surface area contributed by atoms with Crippen molar-refractivity contribution in [2.24, 2.45) is 5.73 Å². The molecule has 1 aliphatic heterocycles. The van der Waals surface area contributed by atoms with Crippen LogP contribution in [0.3, 0.4) is 0 Å². The number of aryl methyl sites for hydroxylation is 4. The second kappa shape index (κ2) is 5.13. The van der Waals surface area contributed by atoms with E-state index in [0.29, 0.717) is 0 Å². The third-order valence-electron chi connectivity index (χ3n) is 3.72. The van der Waals surface area contributed by atoms with Gasteiger partial charge in [0.25, 0.3) is 0 Å². The molecule has 0 radical (unpaired) electrons. The third kappa shape index (κ3) is 2.68. The maximum Gasteiger partial charge on any atom is 0.151 e. The zero-order chi connectivity index (χ0) is 13.2. The molecule has 0 saturated heterocycles. The third-order valence-corrected chi connectivity index (χ3v) is 3.72. The molecule has 4 nitrogen and oxygen atoms in total. The molecular weight excluding hydrogens is 236 g/mol. The van der Waals surface area contributed by atoms with E-state index in [4.69, 9.17) is 5.73 Å². The first-order valence-corrected chi connectivity index (χ1v) is 6.97. The average Bonchev–Trinajstić information content (AvgIpc) is 2.83. The Bertz CT molecular complexity index is 556. The Hall–Kier alpha value is -1.68. The SMILES string of the molecule is Cc1ccc(CCc2nc3n(n2)CCCC3N)cc1. The highest BCUT2D eigenvalue weighted by Gasteiger charge is 2.20. The summed E-state index contributed by atoms with van der Waals surface area (Å²) in [5.41, 5.74) is 8.69. The lowest BCUT2D eigenvalue weighted by Crippen LogP contribution is -2.22. The quantitative estimate of drug-likeness (QED) is 0.915. The van der Waals surface area contributed by atoms with Crippen LogP contribution in [-0.2, 0) is 19.4 Å². The first-order chi connectivity index (χ1) is 9.22. The van der Waals surface area contributed by atoms with Crippen molar-refractivity contribution in [3.63, 3.8) is 0 Å². The second-order valence-electron chi connectivity index (χ2n) is 5.34. The Labute approximate surface area is 113 Å². The van der Waals surface area contributed by atoms with Gasteiger partial charge in [0.2, 0.25) is 0 Å². The molecule has 0 fully saturated rings. The monoisotopic (exact) mass is 256 g/mol. The summed E-state index contributed by atoms with van der Waals surface area (Å²) in [6, 6.07) is 8.72. The van der Waals surface area contributed by atoms with Crippen LogP contribution in [0.2, 0.25) is 0 Å². The van der Waals surface area contributed by atoms with Gasteiger partial charge in [-0.05, 0) is 31.7 Å². The predicted octanol–water partition coefficient (Wildman–Crippen LogP) is 2.17. The van der Waals surface area contributed by atoms with Gasteiger partial charge < -0.3 is 5.73 Å². The minimum absolute atomic E-state index is 0.0642. The second-order valence-corrected chi connectivity index (χ2v) is 5.34. The van der Waals surface area contributed by atoms with E-state index in [2.05, 4.69) is 41.3 Å². The van der Waals surface area contributed by atoms with Crippen molar-refractivity contribution in [3.05, 3.63) is 47.0 Å². The largest absolute Gasteiger partial charge is 0.321 e. The molecule has 3 rings (SSSR count). The first kappa shape index (κ1) is 12.4. The number of rotatable bonds is 3. The lowest BCUT2D eigenvalue weighted by atomic mass is 10.1. The van der Waals surface area contributed by atoms with E-state index in [0.717, 1.165) is 43.9 Å². The fourth-order valence-electron chi connectivity index (χ4n) is 2.55. The van der Waals surface area contributed by atoms with Crippen LogP contribution in [0.15, 0.2) is 24.3 Å². The highest BCUT2D eigenvalue weighted by atomic mass is 15.4. The number of hydrogen-bond acceptors (Lipinski definition) is 3. The number of benzene rings is 1. The van der Waals surface area contributed by atoms with Gasteiger partial charge in [-0.1, -0.05) is 29.8 Å². The average molecular weight is 256 g/mol. The number of nitrogens with zero attached hydrogens (tertiary/aromatic N) is 3. The van der Waals surface area contributed by atoms with E-state index < -0.39 is 0 Å². The van der Waals surface area contributed by atoms with Gasteiger partial charge in [0.1, 0.15) is 5.82 Å². The molecule has 100 valence electrons. The molecule has 0 aliphatic carbocycles. The molecule has 1 aromatic heterocycles. The summed E-state index contributed by atoms with van der Waals surface area (Å²) in [5, 5.41) is 4.56. The molecule has 0 bridgehead atoms. The van der Waals surface area contributed by atoms with E-state index in [-0.39, 0.29) is 6.04 Å². The van der Waals surface area contributed by atoms with Crippen molar-refractivity contribution in [2.45, 2.75) is 45.2 Å². The van der Waals surface area contributed by atoms with Gasteiger partial charge >= 0.3 is 0 Å². The summed E-state index contributed by atoms with van der Waals surface area (Å²) in [5.74, 6) is 1.89. The van der Waals surface area contributed by atoms with Gasteiger partial charge in [-0.2, -0.15) is 5.10 Å². The molecular formula is C15H20N4. The fraction of sp³-hybridized carbons (Fsp3) is 0.467. The van der Waals surface area contributed by atoms with Crippen molar-refractivity contribution in [1.82, 2.24) is 14.8 Å². The number of aromatic nitrogens is 3. The molecule has 1 aliphatic rings. The van der Waals surface area contributed by atoms with E-state index in [1.165, 1.54) is 11.1 Å². The standard InChI is InChI=1S/C15H20N4/c1-11-4-6-12(7-5-11)8-9-14-17-15-13(16)3-2-10-19(15)18-14/h4-7,13H,2-3,8-10,16H2,1H3. The predicted molar refractivity (Wildman–Crippen MR) is 74.8 cm³/mol. The summed E-state index contributed by atoms with van der Waals surface area (Å²) < 4.78 is 1.98. The van der Waals surface area contributed by atoms with Gasteiger partial charge in [0.15, 0.2) is 5.82 Å². The maximum absolute atomic E-state index is 6.06. The van der Waals surface area contributed by atoms with Crippen LogP contribution >= 0.6 is 0 Å². The van der Waals surface area contributed by atoms with Crippen LogP contribution < -0.4 is 5.73 Å². The molecule has 4 heteroatoms. The van der Waals surface area contributed by atoms with Crippen LogP contribution in [0, 0.1) is 6.92 Å². The van der Waals surface area contributed by atoms with Crippen molar-refractivity contribution in [1.29, 1.82) is 0 Å². The van der Waals surface area contributed by atoms with Crippen molar-refractivity contribution >= 4 is 0 Å². The smallest absolute Gasteiger partial charge is 0.151 e. The Morgan fingerprint density at radius 3 is 2.79 bits per heavy atom. The summed E-state index contributed by atoms with van der Waals surface area (Å²) in [6.45, 7) is 3.07. The fourth-order valence-corrected chi connectivity index (χ4v) is 2.55. The Morgan fingerprint density at radius 1 is 1.26 bits per heavy atom. The molecule has 0 amide bonds. The van der Waals surface area contributed by atoms with Gasteiger partial charge in [0.05, 0.1) is 6.04 Å². The summed E-state index contributed by atoms with van der Waals surface area (Å²) in [4.78, 5) is 4.59. The minimum Gasteiger partial charge on any atom is -0.321 e. The van der Waals surface area contributed by atoms with E-state index >= 15 is 0 Å². The van der Waals surface area contributed by atoms with Crippen LogP contribution in [-0.4, -0.2) is 14.8 Å². The van der Waals surface area contributed by atoms with Crippen LogP contribution in [0.4, 0.5) is 0 Å². The molecule has 2 aromatic rings. The zero-order valence-electron chi connectivity index (χ0n) is 11.3. The van der Waals surface area contributed by atoms with Crippen molar-refractivity contribution in [2.75, 3.05) is 0 Å². The highest BCUT2D eigenvalue weighted by molar-refractivity contribution is 5.21. The van der Waals surface area contributed by atoms with Crippen molar-refractivity contribution < 1.29 is 0 Å². The topological polar surface area (TPSA) is 56.7 Å². The van der Waals surface area contributed by atoms with E-state index in [1.54, 1.807) is 0 Å². The highest BCUT2D eigenvalue weighted by Crippen LogP contribution is 2.20. The van der Waals surface area contributed by atoms with Gasteiger partial charge in [-0.25, -0.2) is 9.67 Å². The molecule has 1 atom stereocenters. The zero-order valence-corrected chi connectivity index (χ0v) is 11.3. The normalized spacial score (nSPS) is 18.3. The van der Waals surface area contributed by atoms with Crippen LogP contribution in [0.1, 0.15) is 41.7 Å². The summed E-state index contributed by atoms with van der Waals surface area (Å²) in [6.07, 6.45) is 4.00. The first-order valence-electron chi connectivity index (χ1n) is 6.97. The Morgan fingerprint density at radius 2 is 2.05 bits per heavy atom. The Kier molecular flexibility index (Phi) is 3.34. The molecule has 1 aromatic carbocycles. The van der Waals surface area contributed by atoms with Crippen molar-refractivity contribution in [3.8, 4) is 0 Å². The molecule has 0 saturated carbocycles. The Balaban J connectivity index is 1.69. The minimum atomic E-state index is 0.0642. The number of hydrogen-bond donors (Lipinski definition) is 1. The number of nitrogens with two attached hydrogens (primary N) is 1. The molecule has 0 spiro atoms. The molecule has 1 unspecified atom stereocenters. The van der Waals surface area contributed by atoms with Gasteiger partial charge in [-0.3, -0.25) is 0 Å². The van der Waals surface area contributed by atoms with E-state index in [1.807, 2.05) is 4.68 Å². The summed E-state index contributed by atoms with van der Waals surface area (Å²) >= 11 is 0. The molecule has 2 N–H and O–H groups in total. The number of fused-ring (bicyclic) bond motifs is 1. The molecule has 19 heavy (non-hydrogen) atoms. The van der Waals surface area contributed by atoms with E-state index in [9.17, 15) is 0 Å². The van der Waals surface area contributed by atoms with Crippen LogP contribution in [0.25, 0.3) is 0 Å². The lowest BCUT2D eigenvalue weighted by Gasteiger charge is -2.17. The lowest BCUT2D eigenvalue weighted by molar-refractivity contribution is 0.421. The summed E-state index contributed by atoms with van der Waals surface area (Å²) in [7, 11) is 0. The molecule has 2 heterocycles. The van der Waals surface area contributed by atoms with Crippen LogP contribution in [0.5, 0.6) is 0 Å².